The molecule has 2 aromatic heterocycles. The van der Waals surface area contributed by atoms with Gasteiger partial charge in [0.1, 0.15) is 0 Å². The van der Waals surface area contributed by atoms with Crippen LogP contribution in [0.2, 0.25) is 0 Å². The number of benzene rings is 1. The van der Waals surface area contributed by atoms with Crippen LogP contribution < -0.4 is 4.90 Å². The summed E-state index contributed by atoms with van der Waals surface area (Å²) in [6, 6.07) is 8.77. The summed E-state index contributed by atoms with van der Waals surface area (Å²) in [5.41, 5.74) is 2.52. The van der Waals surface area contributed by atoms with Gasteiger partial charge in [-0.1, -0.05) is 12.1 Å². The van der Waals surface area contributed by atoms with Crippen LogP contribution in [0, 0.1) is 0 Å². The maximum atomic E-state index is 4.44. The van der Waals surface area contributed by atoms with Crippen molar-refractivity contribution in [3.8, 4) is 5.69 Å². The van der Waals surface area contributed by atoms with Crippen LogP contribution in [0.4, 0.5) is 5.13 Å². The standard InChI is InChI=1S/C18H21N5S/c1-8-21(11-12-22(9-1)18-20-7-13-24-18)14-16-2-4-17(5-3-16)23-10-6-19-15-23/h2-7,10,13,15H,1,8-9,11-12,14H2. The smallest absolute Gasteiger partial charge is 0.185 e. The van der Waals surface area contributed by atoms with Crippen LogP contribution in [0.25, 0.3) is 5.69 Å². The Hall–Kier alpha value is -2.18. The third-order valence-electron chi connectivity index (χ3n) is 4.42. The second-order valence-corrected chi connectivity index (χ2v) is 6.94. The molecule has 1 aromatic carbocycles. The third kappa shape index (κ3) is 3.49. The van der Waals surface area contributed by atoms with Gasteiger partial charge in [-0.15, -0.1) is 11.3 Å². The first kappa shape index (κ1) is 15.4. The Morgan fingerprint density at radius 2 is 1.92 bits per heavy atom. The fourth-order valence-electron chi connectivity index (χ4n) is 3.14. The molecule has 0 saturated carbocycles. The highest BCUT2D eigenvalue weighted by atomic mass is 32.1. The minimum atomic E-state index is 1.01. The summed E-state index contributed by atoms with van der Waals surface area (Å²) in [5.74, 6) is 0. The first-order valence-electron chi connectivity index (χ1n) is 8.32. The molecular formula is C18H21N5S. The maximum absolute atomic E-state index is 4.44. The largest absolute Gasteiger partial charge is 0.347 e. The van der Waals surface area contributed by atoms with Gasteiger partial charge in [0.15, 0.2) is 5.13 Å². The molecule has 0 aliphatic carbocycles. The van der Waals surface area contributed by atoms with E-state index in [1.165, 1.54) is 12.0 Å². The van der Waals surface area contributed by atoms with E-state index in [4.69, 9.17) is 0 Å². The molecule has 6 heteroatoms. The highest BCUT2D eigenvalue weighted by Gasteiger charge is 2.16. The number of nitrogens with zero attached hydrogens (tertiary/aromatic N) is 5. The molecule has 0 spiro atoms. The quantitative estimate of drug-likeness (QED) is 0.732. The average Bonchev–Trinajstić information content (AvgIpc) is 3.28. The molecule has 1 aliphatic rings. The lowest BCUT2D eigenvalue weighted by Crippen LogP contribution is -2.30. The van der Waals surface area contributed by atoms with E-state index < -0.39 is 0 Å². The van der Waals surface area contributed by atoms with E-state index in [1.807, 2.05) is 23.3 Å². The second-order valence-electron chi connectivity index (χ2n) is 6.07. The summed E-state index contributed by atoms with van der Waals surface area (Å²) in [6.45, 7) is 5.40. The molecule has 0 bridgehead atoms. The summed E-state index contributed by atoms with van der Waals surface area (Å²) in [5, 5.41) is 3.21. The Morgan fingerprint density at radius 1 is 1.00 bits per heavy atom. The summed E-state index contributed by atoms with van der Waals surface area (Å²) in [7, 11) is 0. The number of thiazole rings is 1. The normalized spacial score (nSPS) is 16.2. The Morgan fingerprint density at radius 3 is 2.67 bits per heavy atom. The Balaban J connectivity index is 1.37. The SMILES string of the molecule is c1cn(-c2ccc(CN3CCCN(c4nccs4)CC3)cc2)cn1. The van der Waals surface area contributed by atoms with Crippen molar-refractivity contribution < 1.29 is 0 Å². The van der Waals surface area contributed by atoms with Crippen LogP contribution in [0.1, 0.15) is 12.0 Å². The molecule has 24 heavy (non-hydrogen) atoms. The molecule has 1 saturated heterocycles. The molecule has 0 amide bonds. The topological polar surface area (TPSA) is 37.2 Å². The lowest BCUT2D eigenvalue weighted by atomic mass is 10.2. The Labute approximate surface area is 146 Å². The lowest BCUT2D eigenvalue weighted by Gasteiger charge is -2.21. The van der Waals surface area contributed by atoms with E-state index in [0.717, 1.165) is 43.5 Å². The van der Waals surface area contributed by atoms with Gasteiger partial charge in [0.2, 0.25) is 0 Å². The zero-order valence-electron chi connectivity index (χ0n) is 13.6. The number of rotatable bonds is 4. The van der Waals surface area contributed by atoms with E-state index in [2.05, 4.69) is 49.4 Å². The minimum absolute atomic E-state index is 1.01. The molecule has 0 radical (unpaired) electrons. The first-order chi connectivity index (χ1) is 11.9. The van der Waals surface area contributed by atoms with Gasteiger partial charge in [0.25, 0.3) is 0 Å². The Kier molecular flexibility index (Phi) is 4.57. The molecule has 0 atom stereocenters. The molecule has 1 aliphatic heterocycles. The van der Waals surface area contributed by atoms with E-state index in [1.54, 1.807) is 17.5 Å². The minimum Gasteiger partial charge on any atom is -0.347 e. The van der Waals surface area contributed by atoms with Crippen LogP contribution in [0.3, 0.4) is 0 Å². The molecule has 3 aromatic rings. The number of anilines is 1. The average molecular weight is 339 g/mol. The van der Waals surface area contributed by atoms with Crippen molar-refractivity contribution in [2.24, 2.45) is 0 Å². The van der Waals surface area contributed by atoms with Gasteiger partial charge in [-0.25, -0.2) is 9.97 Å². The zero-order chi connectivity index (χ0) is 16.2. The van der Waals surface area contributed by atoms with Crippen molar-refractivity contribution in [2.45, 2.75) is 13.0 Å². The van der Waals surface area contributed by atoms with Gasteiger partial charge in [-0.05, 0) is 24.1 Å². The lowest BCUT2D eigenvalue weighted by molar-refractivity contribution is 0.285. The van der Waals surface area contributed by atoms with Crippen LogP contribution in [-0.2, 0) is 6.54 Å². The maximum Gasteiger partial charge on any atom is 0.185 e. The predicted octanol–water partition coefficient (Wildman–Crippen LogP) is 3.04. The van der Waals surface area contributed by atoms with Crippen LogP contribution in [0.15, 0.2) is 54.6 Å². The predicted molar refractivity (Wildman–Crippen MR) is 97.8 cm³/mol. The summed E-state index contributed by atoms with van der Waals surface area (Å²) < 4.78 is 2.03. The Bertz CT molecular complexity index is 736. The molecule has 124 valence electrons. The summed E-state index contributed by atoms with van der Waals surface area (Å²) >= 11 is 1.73. The van der Waals surface area contributed by atoms with E-state index >= 15 is 0 Å². The van der Waals surface area contributed by atoms with E-state index in [0.29, 0.717) is 0 Å². The number of imidazole rings is 1. The second kappa shape index (κ2) is 7.15. The fourth-order valence-corrected chi connectivity index (χ4v) is 3.83. The fraction of sp³-hybridized carbons (Fsp3) is 0.333. The van der Waals surface area contributed by atoms with Crippen LogP contribution in [0.5, 0.6) is 0 Å². The number of aromatic nitrogens is 3. The van der Waals surface area contributed by atoms with Crippen molar-refractivity contribution >= 4 is 16.5 Å². The van der Waals surface area contributed by atoms with Gasteiger partial charge in [0.05, 0.1) is 6.33 Å². The molecule has 3 heterocycles. The molecule has 1 fully saturated rings. The van der Waals surface area contributed by atoms with Crippen molar-refractivity contribution in [1.29, 1.82) is 0 Å². The van der Waals surface area contributed by atoms with E-state index in [9.17, 15) is 0 Å². The van der Waals surface area contributed by atoms with Crippen molar-refractivity contribution in [1.82, 2.24) is 19.4 Å². The van der Waals surface area contributed by atoms with E-state index in [-0.39, 0.29) is 0 Å². The van der Waals surface area contributed by atoms with Gasteiger partial charge >= 0.3 is 0 Å². The van der Waals surface area contributed by atoms with Crippen LogP contribution >= 0.6 is 11.3 Å². The first-order valence-corrected chi connectivity index (χ1v) is 9.20. The molecule has 0 N–H and O–H groups in total. The van der Waals surface area contributed by atoms with Crippen molar-refractivity contribution in [2.75, 3.05) is 31.1 Å². The zero-order valence-corrected chi connectivity index (χ0v) is 14.4. The van der Waals surface area contributed by atoms with Crippen molar-refractivity contribution in [3.63, 3.8) is 0 Å². The summed E-state index contributed by atoms with van der Waals surface area (Å²) in [6.07, 6.45) is 8.69. The molecule has 4 rings (SSSR count). The third-order valence-corrected chi connectivity index (χ3v) is 5.26. The van der Waals surface area contributed by atoms with Gasteiger partial charge in [-0.2, -0.15) is 0 Å². The summed E-state index contributed by atoms with van der Waals surface area (Å²) in [4.78, 5) is 13.5. The number of hydrogen-bond acceptors (Lipinski definition) is 5. The van der Waals surface area contributed by atoms with Gasteiger partial charge in [-0.3, -0.25) is 4.90 Å². The highest BCUT2D eigenvalue weighted by molar-refractivity contribution is 7.13. The molecular weight excluding hydrogens is 318 g/mol. The molecule has 5 nitrogen and oxygen atoms in total. The highest BCUT2D eigenvalue weighted by Crippen LogP contribution is 2.20. The van der Waals surface area contributed by atoms with Gasteiger partial charge in [0, 0.05) is 62.4 Å². The van der Waals surface area contributed by atoms with Crippen molar-refractivity contribution in [3.05, 3.63) is 60.1 Å². The van der Waals surface area contributed by atoms with Gasteiger partial charge < -0.3 is 9.47 Å². The number of hydrogen-bond donors (Lipinski definition) is 0. The molecule has 0 unspecified atom stereocenters. The monoisotopic (exact) mass is 339 g/mol. The van der Waals surface area contributed by atoms with Crippen LogP contribution in [-0.4, -0.2) is 45.6 Å².